The van der Waals surface area contributed by atoms with Crippen LogP contribution in [0, 0.1) is 5.41 Å². The fraction of sp³-hybridized carbons (Fsp3) is 0.533. The highest BCUT2D eigenvalue weighted by atomic mass is 16.5. The second kappa shape index (κ2) is 6.45. The van der Waals surface area contributed by atoms with E-state index in [0.717, 1.165) is 0 Å². The number of carbonyl (C=O) groups excluding carboxylic acids is 3. The van der Waals surface area contributed by atoms with Crippen molar-refractivity contribution in [2.75, 3.05) is 7.11 Å². The Labute approximate surface area is 113 Å². The van der Waals surface area contributed by atoms with Gasteiger partial charge in [-0.15, -0.1) is 0 Å². The Balaban J connectivity index is 2.98. The van der Waals surface area contributed by atoms with Gasteiger partial charge in [-0.25, -0.2) is 0 Å². The van der Waals surface area contributed by atoms with Gasteiger partial charge in [0.2, 0.25) is 0 Å². The molecule has 1 aliphatic carbocycles. The molecule has 0 fully saturated rings. The van der Waals surface area contributed by atoms with E-state index < -0.39 is 5.41 Å². The normalized spacial score (nSPS) is 17.0. The van der Waals surface area contributed by atoms with E-state index in [1.807, 2.05) is 0 Å². The highest BCUT2D eigenvalue weighted by Gasteiger charge is 2.37. The summed E-state index contributed by atoms with van der Waals surface area (Å²) in [6.07, 6.45) is 6.33. The Morgan fingerprint density at radius 1 is 1.11 bits per heavy atom. The first-order valence-electron chi connectivity index (χ1n) is 6.38. The van der Waals surface area contributed by atoms with Crippen LogP contribution < -0.4 is 0 Å². The van der Waals surface area contributed by atoms with E-state index in [2.05, 4.69) is 0 Å². The van der Waals surface area contributed by atoms with Crippen molar-refractivity contribution in [2.45, 2.75) is 39.5 Å². The zero-order chi connectivity index (χ0) is 14.5. The van der Waals surface area contributed by atoms with E-state index in [0.29, 0.717) is 31.4 Å². The number of ketones is 3. The van der Waals surface area contributed by atoms with Crippen LogP contribution in [0.5, 0.6) is 0 Å². The van der Waals surface area contributed by atoms with Crippen LogP contribution >= 0.6 is 0 Å². The van der Waals surface area contributed by atoms with Gasteiger partial charge in [-0.1, -0.05) is 0 Å². The Kier molecular flexibility index (Phi) is 5.21. The van der Waals surface area contributed by atoms with Crippen molar-refractivity contribution in [2.24, 2.45) is 5.41 Å². The van der Waals surface area contributed by atoms with Gasteiger partial charge in [0.1, 0.15) is 17.3 Å². The molecule has 0 aromatic rings. The monoisotopic (exact) mass is 264 g/mol. The molecule has 0 spiro atoms. The molecule has 19 heavy (non-hydrogen) atoms. The first-order chi connectivity index (χ1) is 8.89. The Hall–Kier alpha value is -1.71. The average Bonchev–Trinajstić information content (AvgIpc) is 2.36. The maximum atomic E-state index is 12.2. The summed E-state index contributed by atoms with van der Waals surface area (Å²) in [5.74, 6) is 0.622. The number of Topliss-reactive ketones (excluding diaryl/α,β-unsaturated/α-hetero) is 2. The minimum absolute atomic E-state index is 0.0388. The van der Waals surface area contributed by atoms with E-state index in [9.17, 15) is 14.4 Å². The molecule has 0 aromatic carbocycles. The van der Waals surface area contributed by atoms with Crippen LogP contribution in [0.4, 0.5) is 0 Å². The molecular weight excluding hydrogens is 244 g/mol. The molecule has 0 radical (unpaired) electrons. The predicted octanol–water partition coefficient (Wildman–Crippen LogP) is 2.38. The average molecular weight is 264 g/mol. The highest BCUT2D eigenvalue weighted by molar-refractivity contribution is 5.98. The van der Waals surface area contributed by atoms with Crippen molar-refractivity contribution in [1.29, 1.82) is 0 Å². The number of ether oxygens (including phenoxy) is 1. The molecule has 0 amide bonds. The van der Waals surface area contributed by atoms with E-state index in [-0.39, 0.29) is 17.3 Å². The van der Waals surface area contributed by atoms with Crippen LogP contribution in [-0.2, 0) is 19.1 Å². The molecule has 0 aromatic heterocycles. The number of methoxy groups -OCH3 is 1. The van der Waals surface area contributed by atoms with Crippen molar-refractivity contribution in [3.05, 3.63) is 24.0 Å². The van der Waals surface area contributed by atoms with Gasteiger partial charge in [-0.2, -0.15) is 0 Å². The number of carbonyl (C=O) groups is 3. The maximum absolute atomic E-state index is 12.2. The largest absolute Gasteiger partial charge is 0.497 e. The molecule has 104 valence electrons. The lowest BCUT2D eigenvalue weighted by molar-refractivity contribution is -0.124. The summed E-state index contributed by atoms with van der Waals surface area (Å²) >= 11 is 0. The van der Waals surface area contributed by atoms with Gasteiger partial charge in [0.15, 0.2) is 5.78 Å². The molecule has 0 saturated carbocycles. The fourth-order valence-corrected chi connectivity index (χ4v) is 2.16. The van der Waals surface area contributed by atoms with Crippen LogP contribution in [0.2, 0.25) is 0 Å². The van der Waals surface area contributed by atoms with Gasteiger partial charge >= 0.3 is 0 Å². The fourth-order valence-electron chi connectivity index (χ4n) is 2.16. The summed E-state index contributed by atoms with van der Waals surface area (Å²) < 4.78 is 5.16. The maximum Gasteiger partial charge on any atom is 0.165 e. The first-order valence-corrected chi connectivity index (χ1v) is 6.38. The van der Waals surface area contributed by atoms with Gasteiger partial charge in [-0.05, 0) is 44.9 Å². The number of rotatable bonds is 7. The summed E-state index contributed by atoms with van der Waals surface area (Å²) in [6, 6.07) is 0. The second-order valence-corrected chi connectivity index (χ2v) is 5.01. The SMILES string of the molecule is COC1=CC(CCC(C)=O)(CCC(C)=O)C(=O)C=C1. The predicted molar refractivity (Wildman–Crippen MR) is 71.5 cm³/mol. The van der Waals surface area contributed by atoms with Crippen LogP contribution in [-0.4, -0.2) is 24.5 Å². The van der Waals surface area contributed by atoms with Gasteiger partial charge in [-0.3, -0.25) is 4.79 Å². The zero-order valence-corrected chi connectivity index (χ0v) is 11.7. The minimum Gasteiger partial charge on any atom is -0.497 e. The first kappa shape index (κ1) is 15.3. The summed E-state index contributed by atoms with van der Waals surface area (Å²) in [5.41, 5.74) is -0.780. The molecule has 1 aliphatic rings. The quantitative estimate of drug-likeness (QED) is 0.708. The Morgan fingerprint density at radius 2 is 1.63 bits per heavy atom. The zero-order valence-electron chi connectivity index (χ0n) is 11.7. The third-order valence-electron chi connectivity index (χ3n) is 3.39. The van der Waals surface area contributed by atoms with Crippen molar-refractivity contribution >= 4 is 17.3 Å². The summed E-state index contributed by atoms with van der Waals surface area (Å²) in [6.45, 7) is 3.01. The lowest BCUT2D eigenvalue weighted by atomic mass is 9.72. The lowest BCUT2D eigenvalue weighted by Gasteiger charge is -2.30. The molecule has 0 heterocycles. The summed E-state index contributed by atoms with van der Waals surface area (Å²) in [5, 5.41) is 0. The van der Waals surface area contributed by atoms with Gasteiger partial charge in [0.05, 0.1) is 12.5 Å². The van der Waals surface area contributed by atoms with Crippen LogP contribution in [0.25, 0.3) is 0 Å². The number of hydrogen-bond acceptors (Lipinski definition) is 4. The molecule has 0 saturated heterocycles. The molecule has 4 heteroatoms. The van der Waals surface area contributed by atoms with Crippen molar-refractivity contribution in [3.8, 4) is 0 Å². The van der Waals surface area contributed by atoms with Gasteiger partial charge in [0, 0.05) is 12.8 Å². The molecule has 0 unspecified atom stereocenters. The van der Waals surface area contributed by atoms with Crippen LogP contribution in [0.1, 0.15) is 39.5 Å². The van der Waals surface area contributed by atoms with Gasteiger partial charge < -0.3 is 14.3 Å². The second-order valence-electron chi connectivity index (χ2n) is 5.01. The van der Waals surface area contributed by atoms with Crippen LogP contribution in [0.15, 0.2) is 24.0 Å². The Bertz CT molecular complexity index is 425. The molecule has 0 bridgehead atoms. The van der Waals surface area contributed by atoms with E-state index >= 15 is 0 Å². The van der Waals surface area contributed by atoms with E-state index in [4.69, 9.17) is 4.74 Å². The topological polar surface area (TPSA) is 60.4 Å². The molecule has 0 N–H and O–H groups in total. The van der Waals surface area contributed by atoms with Gasteiger partial charge in [0.25, 0.3) is 0 Å². The molecular formula is C15H20O4. The number of hydrogen-bond donors (Lipinski definition) is 0. The molecule has 0 atom stereocenters. The third kappa shape index (κ3) is 4.16. The lowest BCUT2D eigenvalue weighted by Crippen LogP contribution is -2.31. The van der Waals surface area contributed by atoms with Crippen molar-refractivity contribution < 1.29 is 19.1 Å². The molecule has 4 nitrogen and oxygen atoms in total. The van der Waals surface area contributed by atoms with Crippen LogP contribution in [0.3, 0.4) is 0 Å². The number of allylic oxidation sites excluding steroid dienone is 3. The highest BCUT2D eigenvalue weighted by Crippen LogP contribution is 2.37. The van der Waals surface area contributed by atoms with Crippen molar-refractivity contribution in [3.63, 3.8) is 0 Å². The summed E-state index contributed by atoms with van der Waals surface area (Å²) in [4.78, 5) is 34.5. The molecule has 1 rings (SSSR count). The summed E-state index contributed by atoms with van der Waals surface area (Å²) in [7, 11) is 1.53. The standard InChI is InChI=1S/C15H20O4/c1-11(16)6-8-15(9-7-12(2)17)10-13(19-3)4-5-14(15)18/h4-5,10H,6-9H2,1-3H3. The molecule has 0 aliphatic heterocycles. The van der Waals surface area contributed by atoms with E-state index in [1.165, 1.54) is 27.0 Å². The minimum atomic E-state index is -0.780. The van der Waals surface area contributed by atoms with Crippen molar-refractivity contribution in [1.82, 2.24) is 0 Å². The Morgan fingerprint density at radius 3 is 2.05 bits per heavy atom. The van der Waals surface area contributed by atoms with E-state index in [1.54, 1.807) is 12.2 Å². The smallest absolute Gasteiger partial charge is 0.165 e. The third-order valence-corrected chi connectivity index (χ3v) is 3.39.